The summed E-state index contributed by atoms with van der Waals surface area (Å²) in [6.07, 6.45) is 0.935. The van der Waals surface area contributed by atoms with Crippen LogP contribution in [0.3, 0.4) is 0 Å². The highest BCUT2D eigenvalue weighted by atomic mass is 32.2. The summed E-state index contributed by atoms with van der Waals surface area (Å²) in [6.45, 7) is 4.01. The molecule has 0 aliphatic carbocycles. The largest absolute Gasteiger partial charge is 0.308 e. The molecule has 104 valence electrons. The molecule has 2 aromatic rings. The average Bonchev–Trinajstić information content (AvgIpc) is 2.98. The second-order valence-corrected chi connectivity index (χ2v) is 7.23. The first-order chi connectivity index (χ1) is 9.65. The number of thioether (sulfide) groups is 1. The summed E-state index contributed by atoms with van der Waals surface area (Å²) in [6, 6.07) is 8.37. The van der Waals surface area contributed by atoms with Crippen LogP contribution in [0.15, 0.2) is 28.6 Å². The van der Waals surface area contributed by atoms with Crippen LogP contribution in [0.25, 0.3) is 0 Å². The van der Waals surface area contributed by atoms with E-state index in [1.165, 1.54) is 28.7 Å². The van der Waals surface area contributed by atoms with Gasteiger partial charge in [0, 0.05) is 11.7 Å². The number of amides is 1. The van der Waals surface area contributed by atoms with E-state index in [1.807, 2.05) is 30.0 Å². The highest BCUT2D eigenvalue weighted by Gasteiger charge is 2.30. The minimum atomic E-state index is 0.139. The molecule has 2 heterocycles. The first-order valence-corrected chi connectivity index (χ1v) is 8.28. The molecule has 1 amide bonds. The number of anilines is 1. The van der Waals surface area contributed by atoms with Gasteiger partial charge in [0.1, 0.15) is 5.01 Å². The van der Waals surface area contributed by atoms with Crippen LogP contribution in [0, 0.1) is 6.92 Å². The predicted molar refractivity (Wildman–Crippen MR) is 82.5 cm³/mol. The molecule has 0 spiro atoms. The zero-order valence-electron chi connectivity index (χ0n) is 11.4. The normalized spacial score (nSPS) is 17.3. The third-order valence-electron chi connectivity index (χ3n) is 3.30. The minimum Gasteiger partial charge on any atom is -0.308 e. The van der Waals surface area contributed by atoms with Gasteiger partial charge in [0.05, 0.1) is 5.75 Å². The van der Waals surface area contributed by atoms with E-state index < -0.39 is 0 Å². The molecule has 0 bridgehead atoms. The highest BCUT2D eigenvalue weighted by molar-refractivity contribution is 8.01. The number of aryl methyl sites for hydroxylation is 1. The molecule has 0 unspecified atom stereocenters. The summed E-state index contributed by atoms with van der Waals surface area (Å²) in [5.41, 5.74) is 2.31. The van der Waals surface area contributed by atoms with Gasteiger partial charge in [-0.2, -0.15) is 0 Å². The molecular weight excluding hydrogens is 290 g/mol. The van der Waals surface area contributed by atoms with Crippen molar-refractivity contribution in [3.05, 3.63) is 34.8 Å². The number of hydrogen-bond donors (Lipinski definition) is 0. The monoisotopic (exact) mass is 305 g/mol. The molecule has 1 aliphatic rings. The molecule has 1 aromatic heterocycles. The van der Waals surface area contributed by atoms with Crippen molar-refractivity contribution in [2.24, 2.45) is 0 Å². The van der Waals surface area contributed by atoms with Crippen molar-refractivity contribution in [2.75, 3.05) is 10.7 Å². The average molecular weight is 305 g/mol. The Balaban J connectivity index is 1.71. The Labute approximate surface area is 126 Å². The maximum absolute atomic E-state index is 12.5. The minimum absolute atomic E-state index is 0.139. The number of fused-ring (bicyclic) bond motifs is 1. The van der Waals surface area contributed by atoms with E-state index in [0.29, 0.717) is 5.75 Å². The van der Waals surface area contributed by atoms with Gasteiger partial charge >= 0.3 is 0 Å². The summed E-state index contributed by atoms with van der Waals surface area (Å²) < 4.78 is 0.857. The first-order valence-electron chi connectivity index (χ1n) is 6.48. The van der Waals surface area contributed by atoms with Crippen molar-refractivity contribution in [3.63, 3.8) is 0 Å². The van der Waals surface area contributed by atoms with Crippen LogP contribution in [0.1, 0.15) is 17.5 Å². The quantitative estimate of drug-likeness (QED) is 0.818. The zero-order chi connectivity index (χ0) is 14.1. The molecule has 6 heteroatoms. The van der Waals surface area contributed by atoms with E-state index in [1.54, 1.807) is 0 Å². The van der Waals surface area contributed by atoms with Crippen molar-refractivity contribution in [2.45, 2.75) is 30.6 Å². The number of carbonyl (C=O) groups excluding carboxylic acids is 1. The molecule has 20 heavy (non-hydrogen) atoms. The highest BCUT2D eigenvalue weighted by Crippen LogP contribution is 2.33. The second kappa shape index (κ2) is 5.54. The Morgan fingerprint density at radius 3 is 3.00 bits per heavy atom. The van der Waals surface area contributed by atoms with Gasteiger partial charge in [-0.05, 0) is 31.9 Å². The topological polar surface area (TPSA) is 46.1 Å². The molecular formula is C14H15N3OS2. The Bertz CT molecular complexity index is 641. The van der Waals surface area contributed by atoms with Crippen molar-refractivity contribution >= 4 is 34.7 Å². The van der Waals surface area contributed by atoms with Gasteiger partial charge in [0.2, 0.25) is 5.91 Å². The fourth-order valence-corrected chi connectivity index (χ4v) is 4.15. The lowest BCUT2D eigenvalue weighted by Crippen LogP contribution is -2.36. The van der Waals surface area contributed by atoms with Crippen molar-refractivity contribution < 1.29 is 4.79 Å². The Morgan fingerprint density at radius 1 is 1.45 bits per heavy atom. The van der Waals surface area contributed by atoms with Crippen molar-refractivity contribution in [1.29, 1.82) is 0 Å². The predicted octanol–water partition coefficient (Wildman–Crippen LogP) is 2.92. The van der Waals surface area contributed by atoms with Crippen LogP contribution in [-0.4, -0.2) is 27.9 Å². The maximum Gasteiger partial charge on any atom is 0.237 e. The number of para-hydroxylation sites is 1. The first kappa shape index (κ1) is 13.6. The van der Waals surface area contributed by atoms with Gasteiger partial charge < -0.3 is 4.90 Å². The van der Waals surface area contributed by atoms with Gasteiger partial charge in [-0.25, -0.2) is 0 Å². The molecule has 0 saturated heterocycles. The molecule has 1 atom stereocenters. The standard InChI is InChI=1S/C14H15N3OS2/c1-9-7-11-5-3-4-6-12(11)17(9)13(18)8-19-14-16-15-10(2)20-14/h3-6,9H,7-8H2,1-2H3/t9-/m0/s1. The van der Waals surface area contributed by atoms with Gasteiger partial charge in [0.25, 0.3) is 0 Å². The smallest absolute Gasteiger partial charge is 0.237 e. The fourth-order valence-electron chi connectivity index (χ4n) is 2.48. The molecule has 0 radical (unpaired) electrons. The van der Waals surface area contributed by atoms with Gasteiger partial charge in [-0.15, -0.1) is 10.2 Å². The number of aromatic nitrogens is 2. The SMILES string of the molecule is Cc1nnc(SCC(=O)N2c3ccccc3C[C@@H]2C)s1. The van der Waals surface area contributed by atoms with Crippen LogP contribution in [0.5, 0.6) is 0 Å². The molecule has 0 N–H and O–H groups in total. The summed E-state index contributed by atoms with van der Waals surface area (Å²) in [7, 11) is 0. The number of nitrogens with zero attached hydrogens (tertiary/aromatic N) is 3. The van der Waals surface area contributed by atoms with Crippen LogP contribution in [-0.2, 0) is 11.2 Å². The number of benzene rings is 1. The molecule has 3 rings (SSSR count). The summed E-state index contributed by atoms with van der Waals surface area (Å²) >= 11 is 3.00. The van der Waals surface area contributed by atoms with E-state index in [-0.39, 0.29) is 11.9 Å². The number of hydrogen-bond acceptors (Lipinski definition) is 5. The summed E-state index contributed by atoms with van der Waals surface area (Å²) in [5, 5.41) is 8.93. The van der Waals surface area contributed by atoms with Crippen molar-refractivity contribution in [3.8, 4) is 0 Å². The molecule has 0 fully saturated rings. The lowest BCUT2D eigenvalue weighted by molar-refractivity contribution is -0.116. The van der Waals surface area contributed by atoms with E-state index in [2.05, 4.69) is 23.2 Å². The number of carbonyl (C=O) groups is 1. The van der Waals surface area contributed by atoms with Gasteiger partial charge in [-0.1, -0.05) is 41.3 Å². The number of rotatable bonds is 3. The van der Waals surface area contributed by atoms with E-state index in [0.717, 1.165) is 21.5 Å². The third kappa shape index (κ3) is 2.58. The van der Waals surface area contributed by atoms with E-state index in [4.69, 9.17) is 0 Å². The van der Waals surface area contributed by atoms with Crippen LogP contribution < -0.4 is 4.90 Å². The fraction of sp³-hybridized carbons (Fsp3) is 0.357. The van der Waals surface area contributed by atoms with Crippen LogP contribution in [0.2, 0.25) is 0 Å². The molecule has 4 nitrogen and oxygen atoms in total. The summed E-state index contributed by atoms with van der Waals surface area (Å²) in [5.74, 6) is 0.549. The third-order valence-corrected chi connectivity index (χ3v) is 5.26. The summed E-state index contributed by atoms with van der Waals surface area (Å²) in [4.78, 5) is 14.4. The van der Waals surface area contributed by atoms with Gasteiger partial charge in [0.15, 0.2) is 4.34 Å². The Kier molecular flexibility index (Phi) is 3.76. The Morgan fingerprint density at radius 2 is 2.25 bits per heavy atom. The maximum atomic E-state index is 12.5. The lowest BCUT2D eigenvalue weighted by atomic mass is 10.1. The molecule has 1 aliphatic heterocycles. The van der Waals surface area contributed by atoms with Crippen LogP contribution >= 0.6 is 23.1 Å². The van der Waals surface area contributed by atoms with E-state index in [9.17, 15) is 4.79 Å². The Hall–Kier alpha value is -1.40. The lowest BCUT2D eigenvalue weighted by Gasteiger charge is -2.22. The van der Waals surface area contributed by atoms with Gasteiger partial charge in [-0.3, -0.25) is 4.79 Å². The zero-order valence-corrected chi connectivity index (χ0v) is 13.0. The second-order valence-electron chi connectivity index (χ2n) is 4.82. The molecule has 0 saturated carbocycles. The van der Waals surface area contributed by atoms with Crippen molar-refractivity contribution in [1.82, 2.24) is 10.2 Å². The molecule has 1 aromatic carbocycles. The van der Waals surface area contributed by atoms with E-state index >= 15 is 0 Å². The van der Waals surface area contributed by atoms with Crippen LogP contribution in [0.4, 0.5) is 5.69 Å².